The molecule has 2 rings (SSSR count). The largest absolute Gasteiger partial charge is 0.378 e. The average molecular weight is 332 g/mol. The Labute approximate surface area is 144 Å². The van der Waals surface area contributed by atoms with Crippen molar-refractivity contribution in [3.05, 3.63) is 29.8 Å². The molecule has 1 aliphatic rings. The van der Waals surface area contributed by atoms with Crippen molar-refractivity contribution in [2.75, 3.05) is 45.2 Å². The van der Waals surface area contributed by atoms with Crippen LogP contribution in [-0.4, -0.2) is 57.0 Å². The Morgan fingerprint density at radius 2 is 1.67 bits per heavy atom. The van der Waals surface area contributed by atoms with Gasteiger partial charge < -0.3 is 15.5 Å². The summed E-state index contributed by atoms with van der Waals surface area (Å²) in [5, 5.41) is 5.31. The molecule has 0 aromatic heterocycles. The minimum Gasteiger partial charge on any atom is -0.378 e. The highest BCUT2D eigenvalue weighted by molar-refractivity contribution is 6.35. The third-order valence-corrected chi connectivity index (χ3v) is 4.38. The molecule has 1 aromatic rings. The number of carbonyl (C=O) groups is 2. The predicted molar refractivity (Wildman–Crippen MR) is 96.0 cm³/mol. The highest BCUT2D eigenvalue weighted by atomic mass is 16.2. The van der Waals surface area contributed by atoms with Gasteiger partial charge in [0.05, 0.1) is 6.04 Å². The summed E-state index contributed by atoms with van der Waals surface area (Å²) in [6, 6.07) is 8.49. The van der Waals surface area contributed by atoms with Crippen molar-refractivity contribution in [2.45, 2.75) is 25.8 Å². The number of anilines is 1. The Morgan fingerprint density at radius 3 is 2.21 bits per heavy atom. The first-order chi connectivity index (χ1) is 11.5. The Morgan fingerprint density at radius 1 is 1.08 bits per heavy atom. The van der Waals surface area contributed by atoms with E-state index in [0.717, 1.165) is 18.8 Å². The van der Waals surface area contributed by atoms with Gasteiger partial charge in [0.1, 0.15) is 0 Å². The van der Waals surface area contributed by atoms with Gasteiger partial charge in [-0.05, 0) is 50.6 Å². The van der Waals surface area contributed by atoms with E-state index in [4.69, 9.17) is 0 Å². The molecule has 1 heterocycles. The second-order valence-electron chi connectivity index (χ2n) is 6.31. The summed E-state index contributed by atoms with van der Waals surface area (Å²) in [6.07, 6.45) is 2.35. The monoisotopic (exact) mass is 332 g/mol. The summed E-state index contributed by atoms with van der Waals surface area (Å²) in [5.41, 5.74) is 2.31. The average Bonchev–Trinajstić information content (AvgIpc) is 3.09. The summed E-state index contributed by atoms with van der Waals surface area (Å²) in [7, 11) is 4.03. The summed E-state index contributed by atoms with van der Waals surface area (Å²) in [5.74, 6) is -1.13. The van der Waals surface area contributed by atoms with Gasteiger partial charge in [0.15, 0.2) is 0 Å². The normalized spacial score (nSPS) is 15.8. The zero-order valence-electron chi connectivity index (χ0n) is 14.8. The maximum atomic E-state index is 11.9. The van der Waals surface area contributed by atoms with E-state index >= 15 is 0 Å². The molecule has 1 atom stereocenters. The number of hydrogen-bond acceptors (Lipinski definition) is 4. The van der Waals surface area contributed by atoms with Crippen LogP contribution in [0, 0.1) is 0 Å². The highest BCUT2D eigenvalue weighted by Gasteiger charge is 2.25. The molecule has 1 fully saturated rings. The van der Waals surface area contributed by atoms with Gasteiger partial charge in [-0.2, -0.15) is 0 Å². The molecule has 0 aliphatic carbocycles. The minimum absolute atomic E-state index is 0.0992. The number of carbonyl (C=O) groups excluding carboxylic acids is 2. The summed E-state index contributed by atoms with van der Waals surface area (Å²) in [4.78, 5) is 27.9. The first-order valence-electron chi connectivity index (χ1n) is 8.60. The van der Waals surface area contributed by atoms with E-state index in [2.05, 4.69) is 44.7 Å². The second-order valence-corrected chi connectivity index (χ2v) is 6.31. The van der Waals surface area contributed by atoms with Crippen molar-refractivity contribution < 1.29 is 9.59 Å². The fourth-order valence-corrected chi connectivity index (χ4v) is 3.02. The molecule has 1 aromatic carbocycles. The summed E-state index contributed by atoms with van der Waals surface area (Å²) in [6.45, 7) is 4.74. The highest BCUT2D eigenvalue weighted by Crippen LogP contribution is 2.26. The quantitative estimate of drug-likeness (QED) is 0.767. The number of amides is 2. The van der Waals surface area contributed by atoms with Crippen LogP contribution in [0.1, 0.15) is 31.4 Å². The van der Waals surface area contributed by atoms with Crippen molar-refractivity contribution in [1.29, 1.82) is 0 Å². The van der Waals surface area contributed by atoms with E-state index in [1.165, 1.54) is 18.4 Å². The van der Waals surface area contributed by atoms with Crippen molar-refractivity contribution in [1.82, 2.24) is 15.5 Å². The van der Waals surface area contributed by atoms with Gasteiger partial charge in [-0.1, -0.05) is 12.1 Å². The zero-order chi connectivity index (χ0) is 17.5. The van der Waals surface area contributed by atoms with E-state index in [1.807, 2.05) is 14.1 Å². The standard InChI is InChI=1S/C18H28N4O2/c1-4-19-17(23)18(24)20-13-16(22-11-5-6-12-22)14-7-9-15(10-8-14)21(2)3/h7-10,16H,4-6,11-13H2,1-3H3,(H,19,23)(H,20,24)/t16-/m1/s1. The van der Waals surface area contributed by atoms with Crippen molar-refractivity contribution in [3.8, 4) is 0 Å². The van der Waals surface area contributed by atoms with Crippen LogP contribution < -0.4 is 15.5 Å². The zero-order valence-corrected chi connectivity index (χ0v) is 14.8. The van der Waals surface area contributed by atoms with E-state index in [-0.39, 0.29) is 6.04 Å². The van der Waals surface area contributed by atoms with Crippen LogP contribution in [0.5, 0.6) is 0 Å². The number of hydrogen-bond donors (Lipinski definition) is 2. The lowest BCUT2D eigenvalue weighted by Gasteiger charge is -2.28. The van der Waals surface area contributed by atoms with E-state index in [1.54, 1.807) is 6.92 Å². The molecular formula is C18H28N4O2. The van der Waals surface area contributed by atoms with E-state index in [9.17, 15) is 9.59 Å². The Hall–Kier alpha value is -2.08. The number of nitrogens with one attached hydrogen (secondary N) is 2. The molecule has 1 aliphatic heterocycles. The fourth-order valence-electron chi connectivity index (χ4n) is 3.02. The van der Waals surface area contributed by atoms with Crippen molar-refractivity contribution in [3.63, 3.8) is 0 Å². The molecule has 0 spiro atoms. The van der Waals surface area contributed by atoms with E-state index in [0.29, 0.717) is 13.1 Å². The molecule has 132 valence electrons. The third kappa shape index (κ3) is 4.71. The van der Waals surface area contributed by atoms with Crippen LogP contribution in [0.15, 0.2) is 24.3 Å². The first kappa shape index (κ1) is 18.3. The lowest BCUT2D eigenvalue weighted by atomic mass is 10.0. The maximum Gasteiger partial charge on any atom is 0.309 e. The topological polar surface area (TPSA) is 64.7 Å². The number of benzene rings is 1. The van der Waals surface area contributed by atoms with Gasteiger partial charge in [0.25, 0.3) is 0 Å². The summed E-state index contributed by atoms with van der Waals surface area (Å²) < 4.78 is 0. The van der Waals surface area contributed by atoms with E-state index < -0.39 is 11.8 Å². The molecule has 24 heavy (non-hydrogen) atoms. The molecule has 2 N–H and O–H groups in total. The lowest BCUT2D eigenvalue weighted by molar-refractivity contribution is -0.139. The smallest absolute Gasteiger partial charge is 0.309 e. The van der Waals surface area contributed by atoms with Crippen LogP contribution in [0.2, 0.25) is 0 Å². The molecular weight excluding hydrogens is 304 g/mol. The Balaban J connectivity index is 2.07. The third-order valence-electron chi connectivity index (χ3n) is 4.38. The van der Waals surface area contributed by atoms with Crippen LogP contribution in [-0.2, 0) is 9.59 Å². The van der Waals surface area contributed by atoms with Crippen LogP contribution in [0.25, 0.3) is 0 Å². The molecule has 6 nitrogen and oxygen atoms in total. The van der Waals surface area contributed by atoms with Gasteiger partial charge in [-0.25, -0.2) is 0 Å². The van der Waals surface area contributed by atoms with Gasteiger partial charge in [0, 0.05) is 32.9 Å². The number of rotatable bonds is 6. The molecule has 0 bridgehead atoms. The number of nitrogens with zero attached hydrogens (tertiary/aromatic N) is 2. The fraction of sp³-hybridized carbons (Fsp3) is 0.556. The minimum atomic E-state index is -0.569. The van der Waals surface area contributed by atoms with Crippen LogP contribution in [0.4, 0.5) is 5.69 Å². The van der Waals surface area contributed by atoms with Gasteiger partial charge in [-0.15, -0.1) is 0 Å². The first-order valence-corrected chi connectivity index (χ1v) is 8.60. The summed E-state index contributed by atoms with van der Waals surface area (Å²) >= 11 is 0. The Bertz CT molecular complexity index is 551. The van der Waals surface area contributed by atoms with Crippen LogP contribution in [0.3, 0.4) is 0 Å². The second kappa shape index (κ2) is 8.68. The predicted octanol–water partition coefficient (Wildman–Crippen LogP) is 1.14. The Kier molecular flexibility index (Phi) is 6.61. The van der Waals surface area contributed by atoms with Crippen molar-refractivity contribution in [2.24, 2.45) is 0 Å². The molecule has 1 saturated heterocycles. The van der Waals surface area contributed by atoms with Crippen LogP contribution >= 0.6 is 0 Å². The number of likely N-dealkylation sites (tertiary alicyclic amines) is 1. The SMILES string of the molecule is CCNC(=O)C(=O)NC[C@H](c1ccc(N(C)C)cc1)N1CCCC1. The lowest BCUT2D eigenvalue weighted by Crippen LogP contribution is -2.43. The molecule has 2 amide bonds. The molecule has 0 saturated carbocycles. The van der Waals surface area contributed by atoms with Gasteiger partial charge in [0.2, 0.25) is 0 Å². The maximum absolute atomic E-state index is 11.9. The molecule has 0 radical (unpaired) electrons. The molecule has 0 unspecified atom stereocenters. The van der Waals surface area contributed by atoms with Gasteiger partial charge in [-0.3, -0.25) is 14.5 Å². The number of likely N-dealkylation sites (N-methyl/N-ethyl adjacent to an activating group) is 1. The van der Waals surface area contributed by atoms with Gasteiger partial charge >= 0.3 is 11.8 Å². The van der Waals surface area contributed by atoms with Crippen molar-refractivity contribution >= 4 is 17.5 Å². The molecule has 6 heteroatoms.